The van der Waals surface area contributed by atoms with Crippen LogP contribution in [-0.2, 0) is 9.53 Å². The van der Waals surface area contributed by atoms with Gasteiger partial charge in [0.25, 0.3) is 0 Å². The molecular weight excluding hydrogens is 436 g/mol. The maximum Gasteiger partial charge on any atom is 0.306 e. The molecule has 0 saturated heterocycles. The van der Waals surface area contributed by atoms with Gasteiger partial charge < -0.3 is 14.2 Å². The Kier molecular flexibility index (Phi) is 14.7. The quantitative estimate of drug-likeness (QED) is 0.148. The summed E-state index contributed by atoms with van der Waals surface area (Å²) in [7, 11) is 0. The number of rotatable bonds is 19. The van der Waals surface area contributed by atoms with Crippen LogP contribution in [0.3, 0.4) is 0 Å². The first-order valence-electron chi connectivity index (χ1n) is 13.8. The molecule has 4 nitrogen and oxygen atoms in total. The van der Waals surface area contributed by atoms with Crippen LogP contribution < -0.4 is 9.47 Å². The fourth-order valence-corrected chi connectivity index (χ4v) is 3.94. The Balaban J connectivity index is 1.64. The topological polar surface area (TPSA) is 44.8 Å². The standard InChI is InChI=1S/C31H46O4/c1-4-6-8-9-10-11-12-13-14-24-33-29-20-16-27(17-21-29)28-18-22-30(23-19-28)34-25-26(3)35-31(32)15-7-5-2/h16-23,26H,4-15,24-25H2,1-3H3. The lowest BCUT2D eigenvalue weighted by molar-refractivity contribution is -0.149. The van der Waals surface area contributed by atoms with E-state index in [9.17, 15) is 4.79 Å². The van der Waals surface area contributed by atoms with Crippen LogP contribution in [0.15, 0.2) is 48.5 Å². The summed E-state index contributed by atoms with van der Waals surface area (Å²) in [6.07, 6.45) is 14.0. The number of esters is 1. The minimum atomic E-state index is -0.262. The molecule has 2 aromatic carbocycles. The lowest BCUT2D eigenvalue weighted by atomic mass is 10.1. The molecule has 0 radical (unpaired) electrons. The first-order valence-corrected chi connectivity index (χ1v) is 13.8. The van der Waals surface area contributed by atoms with Crippen molar-refractivity contribution in [3.8, 4) is 22.6 Å². The monoisotopic (exact) mass is 482 g/mol. The molecule has 35 heavy (non-hydrogen) atoms. The predicted octanol–water partition coefficient (Wildman–Crippen LogP) is 8.76. The second-order valence-electron chi connectivity index (χ2n) is 9.44. The molecule has 0 heterocycles. The predicted molar refractivity (Wildman–Crippen MR) is 145 cm³/mol. The third kappa shape index (κ3) is 12.7. The van der Waals surface area contributed by atoms with Gasteiger partial charge in [0.05, 0.1) is 6.61 Å². The normalized spacial score (nSPS) is 11.7. The molecule has 0 N–H and O–H groups in total. The molecule has 0 aliphatic heterocycles. The third-order valence-corrected chi connectivity index (χ3v) is 6.11. The van der Waals surface area contributed by atoms with Crippen molar-refractivity contribution in [2.45, 2.75) is 104 Å². The Hall–Kier alpha value is -2.49. The maximum atomic E-state index is 11.7. The molecule has 0 aliphatic rings. The number of ether oxygens (including phenoxy) is 3. The second-order valence-corrected chi connectivity index (χ2v) is 9.44. The number of hydrogen-bond donors (Lipinski definition) is 0. The number of benzene rings is 2. The Labute approximate surface area is 213 Å². The van der Waals surface area contributed by atoms with E-state index in [1.165, 1.54) is 51.4 Å². The minimum Gasteiger partial charge on any atom is -0.494 e. The van der Waals surface area contributed by atoms with E-state index >= 15 is 0 Å². The van der Waals surface area contributed by atoms with Crippen molar-refractivity contribution in [3.05, 3.63) is 48.5 Å². The van der Waals surface area contributed by atoms with Gasteiger partial charge in [-0.3, -0.25) is 4.79 Å². The molecule has 0 aromatic heterocycles. The zero-order valence-corrected chi connectivity index (χ0v) is 22.2. The zero-order valence-electron chi connectivity index (χ0n) is 22.2. The lowest BCUT2D eigenvalue weighted by Gasteiger charge is -2.14. The minimum absolute atomic E-state index is 0.154. The highest BCUT2D eigenvalue weighted by molar-refractivity contribution is 5.69. The summed E-state index contributed by atoms with van der Waals surface area (Å²) in [6.45, 7) is 7.32. The van der Waals surface area contributed by atoms with Gasteiger partial charge in [0.15, 0.2) is 0 Å². The van der Waals surface area contributed by atoms with Gasteiger partial charge in [-0.1, -0.05) is 95.9 Å². The molecule has 0 spiro atoms. The molecule has 1 unspecified atom stereocenters. The van der Waals surface area contributed by atoms with E-state index in [2.05, 4.69) is 26.0 Å². The molecule has 0 fully saturated rings. The van der Waals surface area contributed by atoms with Crippen LogP contribution in [0, 0.1) is 0 Å². The summed E-state index contributed by atoms with van der Waals surface area (Å²) in [4.78, 5) is 11.7. The van der Waals surface area contributed by atoms with E-state index < -0.39 is 0 Å². The van der Waals surface area contributed by atoms with E-state index in [1.807, 2.05) is 43.3 Å². The molecule has 0 saturated carbocycles. The average molecular weight is 483 g/mol. The molecule has 0 amide bonds. The Morgan fingerprint density at radius 2 is 1.14 bits per heavy atom. The van der Waals surface area contributed by atoms with Gasteiger partial charge >= 0.3 is 5.97 Å². The number of carbonyl (C=O) groups excluding carboxylic acids is 1. The smallest absolute Gasteiger partial charge is 0.306 e. The molecule has 2 rings (SSSR count). The molecular formula is C31H46O4. The van der Waals surface area contributed by atoms with Crippen molar-refractivity contribution in [1.82, 2.24) is 0 Å². The number of unbranched alkanes of at least 4 members (excludes halogenated alkanes) is 9. The first-order chi connectivity index (χ1) is 17.1. The van der Waals surface area contributed by atoms with E-state index in [0.717, 1.165) is 48.5 Å². The first kappa shape index (κ1) is 28.7. The van der Waals surface area contributed by atoms with Crippen LogP contribution in [0.2, 0.25) is 0 Å². The van der Waals surface area contributed by atoms with E-state index in [1.54, 1.807) is 0 Å². The fourth-order valence-electron chi connectivity index (χ4n) is 3.94. The van der Waals surface area contributed by atoms with Crippen LogP contribution in [0.4, 0.5) is 0 Å². The van der Waals surface area contributed by atoms with Gasteiger partial charge in [0.1, 0.15) is 24.2 Å². The van der Waals surface area contributed by atoms with Crippen LogP contribution in [0.25, 0.3) is 11.1 Å². The van der Waals surface area contributed by atoms with Gasteiger partial charge in [0, 0.05) is 6.42 Å². The molecule has 194 valence electrons. The highest BCUT2D eigenvalue weighted by Crippen LogP contribution is 2.25. The van der Waals surface area contributed by atoms with E-state index in [-0.39, 0.29) is 12.1 Å². The van der Waals surface area contributed by atoms with E-state index in [4.69, 9.17) is 14.2 Å². The van der Waals surface area contributed by atoms with E-state index in [0.29, 0.717) is 13.0 Å². The highest BCUT2D eigenvalue weighted by atomic mass is 16.6. The van der Waals surface area contributed by atoms with Gasteiger partial charge in [-0.25, -0.2) is 0 Å². The Morgan fingerprint density at radius 3 is 1.69 bits per heavy atom. The van der Waals surface area contributed by atoms with Crippen molar-refractivity contribution in [1.29, 1.82) is 0 Å². The second kappa shape index (κ2) is 17.9. The van der Waals surface area contributed by atoms with Crippen molar-refractivity contribution < 1.29 is 19.0 Å². The summed E-state index contributed by atoms with van der Waals surface area (Å²) in [5, 5.41) is 0. The molecule has 4 heteroatoms. The Morgan fingerprint density at radius 1 is 0.657 bits per heavy atom. The van der Waals surface area contributed by atoms with Crippen LogP contribution in [-0.4, -0.2) is 25.3 Å². The van der Waals surface area contributed by atoms with Crippen molar-refractivity contribution in [2.24, 2.45) is 0 Å². The lowest BCUT2D eigenvalue weighted by Crippen LogP contribution is -2.21. The molecule has 0 bridgehead atoms. The molecule has 1 atom stereocenters. The van der Waals surface area contributed by atoms with Crippen molar-refractivity contribution in [3.63, 3.8) is 0 Å². The summed E-state index contributed by atoms with van der Waals surface area (Å²) in [6, 6.07) is 16.3. The summed E-state index contributed by atoms with van der Waals surface area (Å²) < 4.78 is 17.1. The van der Waals surface area contributed by atoms with Gasteiger partial charge in [-0.2, -0.15) is 0 Å². The van der Waals surface area contributed by atoms with Gasteiger partial charge in [-0.15, -0.1) is 0 Å². The number of carbonyl (C=O) groups is 1. The van der Waals surface area contributed by atoms with Crippen LogP contribution >= 0.6 is 0 Å². The summed E-state index contributed by atoms with van der Waals surface area (Å²) in [5.41, 5.74) is 2.27. The molecule has 2 aromatic rings. The third-order valence-electron chi connectivity index (χ3n) is 6.11. The highest BCUT2D eigenvalue weighted by Gasteiger charge is 2.10. The SMILES string of the molecule is CCCCCCCCCCCOc1ccc(-c2ccc(OCC(C)OC(=O)CCCC)cc2)cc1. The average Bonchev–Trinajstić information content (AvgIpc) is 2.88. The number of hydrogen-bond acceptors (Lipinski definition) is 4. The van der Waals surface area contributed by atoms with Gasteiger partial charge in [-0.05, 0) is 55.2 Å². The van der Waals surface area contributed by atoms with Crippen LogP contribution in [0.1, 0.15) is 97.8 Å². The van der Waals surface area contributed by atoms with Crippen LogP contribution in [0.5, 0.6) is 11.5 Å². The Bertz CT molecular complexity index is 798. The maximum absolute atomic E-state index is 11.7. The van der Waals surface area contributed by atoms with Gasteiger partial charge in [0.2, 0.25) is 0 Å². The summed E-state index contributed by atoms with van der Waals surface area (Å²) >= 11 is 0. The van der Waals surface area contributed by atoms with Crippen molar-refractivity contribution >= 4 is 5.97 Å². The molecule has 0 aliphatic carbocycles. The zero-order chi connectivity index (χ0) is 25.1. The summed E-state index contributed by atoms with van der Waals surface area (Å²) in [5.74, 6) is 1.54. The fraction of sp³-hybridized carbons (Fsp3) is 0.581. The van der Waals surface area contributed by atoms with Crippen molar-refractivity contribution in [2.75, 3.05) is 13.2 Å². The largest absolute Gasteiger partial charge is 0.494 e.